The van der Waals surface area contributed by atoms with Crippen molar-refractivity contribution in [3.63, 3.8) is 0 Å². The molecule has 0 radical (unpaired) electrons. The average molecular weight is 300 g/mol. The SMILES string of the molecule is O=C(NC1CC1)c1csc(-c2csc3ccccc23)n1. The van der Waals surface area contributed by atoms with Crippen LogP contribution in [0.5, 0.6) is 0 Å². The van der Waals surface area contributed by atoms with Crippen molar-refractivity contribution in [3.8, 4) is 10.6 Å². The van der Waals surface area contributed by atoms with Crippen molar-refractivity contribution in [2.45, 2.75) is 18.9 Å². The summed E-state index contributed by atoms with van der Waals surface area (Å²) in [7, 11) is 0. The zero-order chi connectivity index (χ0) is 13.5. The van der Waals surface area contributed by atoms with E-state index in [1.54, 1.807) is 11.3 Å². The summed E-state index contributed by atoms with van der Waals surface area (Å²) in [6, 6.07) is 8.66. The number of nitrogens with one attached hydrogen (secondary N) is 1. The second kappa shape index (κ2) is 4.68. The van der Waals surface area contributed by atoms with E-state index in [4.69, 9.17) is 0 Å². The molecule has 0 atom stereocenters. The van der Waals surface area contributed by atoms with E-state index in [1.165, 1.54) is 21.4 Å². The Bertz CT molecular complexity index is 786. The number of carbonyl (C=O) groups excluding carboxylic acids is 1. The third-order valence-electron chi connectivity index (χ3n) is 3.36. The Balaban J connectivity index is 1.68. The molecule has 100 valence electrons. The number of thiazole rings is 1. The summed E-state index contributed by atoms with van der Waals surface area (Å²) in [5, 5.41) is 9.07. The van der Waals surface area contributed by atoms with Gasteiger partial charge >= 0.3 is 0 Å². The summed E-state index contributed by atoms with van der Waals surface area (Å²) in [4.78, 5) is 16.5. The number of rotatable bonds is 3. The number of amides is 1. The van der Waals surface area contributed by atoms with Crippen LogP contribution in [0.3, 0.4) is 0 Å². The van der Waals surface area contributed by atoms with Gasteiger partial charge in [0.25, 0.3) is 5.91 Å². The molecule has 2 aromatic heterocycles. The van der Waals surface area contributed by atoms with Crippen LogP contribution in [0.1, 0.15) is 23.3 Å². The summed E-state index contributed by atoms with van der Waals surface area (Å²) in [5.41, 5.74) is 1.66. The van der Waals surface area contributed by atoms with Gasteiger partial charge in [0.1, 0.15) is 10.7 Å². The zero-order valence-electron chi connectivity index (χ0n) is 10.6. The first-order chi connectivity index (χ1) is 9.81. The molecule has 20 heavy (non-hydrogen) atoms. The van der Waals surface area contributed by atoms with E-state index < -0.39 is 0 Å². The topological polar surface area (TPSA) is 42.0 Å². The van der Waals surface area contributed by atoms with Gasteiger partial charge in [-0.3, -0.25) is 4.79 Å². The molecule has 0 aliphatic heterocycles. The predicted molar refractivity (Wildman–Crippen MR) is 83.4 cm³/mol. The molecule has 1 amide bonds. The minimum Gasteiger partial charge on any atom is -0.348 e. The second-order valence-corrected chi connectivity index (χ2v) is 6.70. The van der Waals surface area contributed by atoms with Crippen LogP contribution in [0.4, 0.5) is 0 Å². The van der Waals surface area contributed by atoms with Crippen molar-refractivity contribution in [2.75, 3.05) is 0 Å². The fourth-order valence-electron chi connectivity index (χ4n) is 2.13. The molecule has 1 N–H and O–H groups in total. The van der Waals surface area contributed by atoms with Crippen LogP contribution in [-0.2, 0) is 0 Å². The van der Waals surface area contributed by atoms with E-state index in [0.29, 0.717) is 11.7 Å². The second-order valence-electron chi connectivity index (χ2n) is 4.93. The highest BCUT2D eigenvalue weighted by molar-refractivity contribution is 7.19. The van der Waals surface area contributed by atoms with Crippen LogP contribution >= 0.6 is 22.7 Å². The lowest BCUT2D eigenvalue weighted by molar-refractivity contribution is 0.0947. The summed E-state index contributed by atoms with van der Waals surface area (Å²) < 4.78 is 1.25. The first-order valence-corrected chi connectivity index (χ1v) is 8.30. The fourth-order valence-corrected chi connectivity index (χ4v) is 3.98. The molecule has 1 aliphatic rings. The minimum atomic E-state index is -0.0467. The summed E-state index contributed by atoms with van der Waals surface area (Å²) >= 11 is 3.25. The largest absolute Gasteiger partial charge is 0.348 e. The number of carbonyl (C=O) groups is 1. The lowest BCUT2D eigenvalue weighted by Gasteiger charge is -1.98. The van der Waals surface area contributed by atoms with Crippen molar-refractivity contribution >= 4 is 38.7 Å². The van der Waals surface area contributed by atoms with Gasteiger partial charge in [0.2, 0.25) is 0 Å². The third kappa shape index (κ3) is 2.13. The van der Waals surface area contributed by atoms with Crippen molar-refractivity contribution in [3.05, 3.63) is 40.7 Å². The minimum absolute atomic E-state index is 0.0467. The van der Waals surface area contributed by atoms with Crippen LogP contribution in [0.25, 0.3) is 20.7 Å². The highest BCUT2D eigenvalue weighted by atomic mass is 32.1. The summed E-state index contributed by atoms with van der Waals surface area (Å²) in [6.07, 6.45) is 2.19. The van der Waals surface area contributed by atoms with Gasteiger partial charge in [-0.1, -0.05) is 18.2 Å². The molecule has 1 aliphatic carbocycles. The Labute approximate surface area is 124 Å². The van der Waals surface area contributed by atoms with Crippen molar-refractivity contribution in [1.82, 2.24) is 10.3 Å². The van der Waals surface area contributed by atoms with Gasteiger partial charge < -0.3 is 5.32 Å². The zero-order valence-corrected chi connectivity index (χ0v) is 12.3. The van der Waals surface area contributed by atoms with Crippen LogP contribution in [0.15, 0.2) is 35.0 Å². The van der Waals surface area contributed by atoms with Crippen LogP contribution in [0, 0.1) is 0 Å². The molecule has 0 bridgehead atoms. The molecule has 1 fully saturated rings. The maximum atomic E-state index is 12.0. The molecule has 0 saturated heterocycles. The van der Waals surface area contributed by atoms with Gasteiger partial charge in [-0.05, 0) is 18.9 Å². The molecule has 3 nitrogen and oxygen atoms in total. The standard InChI is InChI=1S/C15H12N2OS2/c18-14(16-9-5-6-9)12-8-20-15(17-12)11-7-19-13-4-2-1-3-10(11)13/h1-4,7-9H,5-6H2,(H,16,18). The van der Waals surface area contributed by atoms with Gasteiger partial charge in [0, 0.05) is 32.5 Å². The Hall–Kier alpha value is -1.72. The van der Waals surface area contributed by atoms with Gasteiger partial charge in [0.05, 0.1) is 0 Å². The molecule has 1 aromatic carbocycles. The molecule has 2 heterocycles. The molecule has 0 spiro atoms. The van der Waals surface area contributed by atoms with Crippen LogP contribution < -0.4 is 5.32 Å². The quantitative estimate of drug-likeness (QED) is 0.796. The van der Waals surface area contributed by atoms with Crippen molar-refractivity contribution in [1.29, 1.82) is 0 Å². The van der Waals surface area contributed by atoms with E-state index in [0.717, 1.165) is 23.4 Å². The molecule has 5 heteroatoms. The maximum Gasteiger partial charge on any atom is 0.270 e. The number of nitrogens with zero attached hydrogens (tertiary/aromatic N) is 1. The average Bonchev–Trinajstić information content (AvgIpc) is 3.01. The Kier molecular flexibility index (Phi) is 2.82. The number of benzene rings is 1. The number of hydrogen-bond acceptors (Lipinski definition) is 4. The monoisotopic (exact) mass is 300 g/mol. The molecule has 4 rings (SSSR count). The smallest absolute Gasteiger partial charge is 0.270 e. The summed E-state index contributed by atoms with van der Waals surface area (Å²) in [6.45, 7) is 0. The predicted octanol–water partition coefficient (Wildman–Crippen LogP) is 3.92. The lowest BCUT2D eigenvalue weighted by atomic mass is 10.2. The fraction of sp³-hybridized carbons (Fsp3) is 0.200. The van der Waals surface area contributed by atoms with Crippen LogP contribution in [0.2, 0.25) is 0 Å². The maximum absolute atomic E-state index is 12.0. The molecule has 3 aromatic rings. The van der Waals surface area contributed by atoms with Crippen molar-refractivity contribution < 1.29 is 4.79 Å². The summed E-state index contributed by atoms with van der Waals surface area (Å²) in [5.74, 6) is -0.0467. The van der Waals surface area contributed by atoms with E-state index in [-0.39, 0.29) is 5.91 Å². The molecule has 0 unspecified atom stereocenters. The van der Waals surface area contributed by atoms with E-state index in [2.05, 4.69) is 27.8 Å². The van der Waals surface area contributed by atoms with Gasteiger partial charge in [-0.15, -0.1) is 22.7 Å². The molecular formula is C15H12N2OS2. The highest BCUT2D eigenvalue weighted by Crippen LogP contribution is 2.35. The Morgan fingerprint density at radius 3 is 2.90 bits per heavy atom. The number of aromatic nitrogens is 1. The van der Waals surface area contributed by atoms with E-state index in [1.807, 2.05) is 17.5 Å². The lowest BCUT2D eigenvalue weighted by Crippen LogP contribution is -2.25. The Morgan fingerprint density at radius 1 is 1.20 bits per heavy atom. The number of fused-ring (bicyclic) bond motifs is 1. The number of hydrogen-bond donors (Lipinski definition) is 1. The Morgan fingerprint density at radius 2 is 2.05 bits per heavy atom. The van der Waals surface area contributed by atoms with Gasteiger partial charge in [-0.25, -0.2) is 4.98 Å². The van der Waals surface area contributed by atoms with E-state index >= 15 is 0 Å². The molecule has 1 saturated carbocycles. The van der Waals surface area contributed by atoms with Crippen LogP contribution in [-0.4, -0.2) is 16.9 Å². The van der Waals surface area contributed by atoms with Gasteiger partial charge in [-0.2, -0.15) is 0 Å². The highest BCUT2D eigenvalue weighted by Gasteiger charge is 2.25. The van der Waals surface area contributed by atoms with Gasteiger partial charge in [0.15, 0.2) is 0 Å². The third-order valence-corrected chi connectivity index (χ3v) is 5.20. The van der Waals surface area contributed by atoms with Crippen molar-refractivity contribution in [2.24, 2.45) is 0 Å². The van der Waals surface area contributed by atoms with E-state index in [9.17, 15) is 4.79 Å². The molecular weight excluding hydrogens is 288 g/mol. The normalized spacial score (nSPS) is 14.6. The number of thiophene rings is 1. The first kappa shape index (κ1) is 12.1. The first-order valence-electron chi connectivity index (χ1n) is 6.54.